The zero-order chi connectivity index (χ0) is 11.4. The number of thioether (sulfide) groups is 1. The van der Waals surface area contributed by atoms with Crippen molar-refractivity contribution in [2.45, 2.75) is 11.7 Å². The van der Waals surface area contributed by atoms with Crippen LogP contribution in [0.4, 0.5) is 5.82 Å². The van der Waals surface area contributed by atoms with Gasteiger partial charge in [0, 0.05) is 30.8 Å². The SMILES string of the molecule is Nc1cc(=O)[nH]c(SCCn2ccnc2)n1. The summed E-state index contributed by atoms with van der Waals surface area (Å²) in [6.45, 7) is 0.809. The van der Waals surface area contributed by atoms with Gasteiger partial charge in [0.05, 0.1) is 6.33 Å². The lowest BCUT2D eigenvalue weighted by Gasteiger charge is -2.02. The van der Waals surface area contributed by atoms with Gasteiger partial charge in [0.15, 0.2) is 5.16 Å². The average molecular weight is 237 g/mol. The standard InChI is InChI=1S/C9H11N5OS/c10-7-5-8(15)13-9(12-7)16-4-3-14-2-1-11-6-14/h1-2,5-6H,3-4H2,(H3,10,12,13,15). The van der Waals surface area contributed by atoms with Crippen molar-refractivity contribution < 1.29 is 0 Å². The first-order chi connectivity index (χ1) is 7.74. The first-order valence-electron chi connectivity index (χ1n) is 4.69. The van der Waals surface area contributed by atoms with E-state index < -0.39 is 0 Å². The van der Waals surface area contributed by atoms with Crippen LogP contribution in [0.2, 0.25) is 0 Å². The molecule has 84 valence electrons. The highest BCUT2D eigenvalue weighted by Crippen LogP contribution is 2.11. The topological polar surface area (TPSA) is 89.6 Å². The summed E-state index contributed by atoms with van der Waals surface area (Å²) in [4.78, 5) is 21.7. The van der Waals surface area contributed by atoms with Gasteiger partial charge in [-0.3, -0.25) is 4.79 Å². The smallest absolute Gasteiger partial charge is 0.253 e. The van der Waals surface area contributed by atoms with E-state index in [2.05, 4.69) is 15.0 Å². The predicted molar refractivity (Wildman–Crippen MR) is 62.2 cm³/mol. The van der Waals surface area contributed by atoms with Gasteiger partial charge in [-0.05, 0) is 0 Å². The fraction of sp³-hybridized carbons (Fsp3) is 0.222. The van der Waals surface area contributed by atoms with Crippen molar-refractivity contribution in [3.63, 3.8) is 0 Å². The van der Waals surface area contributed by atoms with Crippen LogP contribution in [0.3, 0.4) is 0 Å². The lowest BCUT2D eigenvalue weighted by Crippen LogP contribution is -2.10. The van der Waals surface area contributed by atoms with Gasteiger partial charge in [-0.25, -0.2) is 9.97 Å². The van der Waals surface area contributed by atoms with Gasteiger partial charge in [0.1, 0.15) is 5.82 Å². The van der Waals surface area contributed by atoms with Gasteiger partial charge >= 0.3 is 0 Å². The Hall–Kier alpha value is -1.76. The van der Waals surface area contributed by atoms with E-state index in [1.165, 1.54) is 17.8 Å². The minimum Gasteiger partial charge on any atom is -0.383 e. The van der Waals surface area contributed by atoms with E-state index in [-0.39, 0.29) is 11.4 Å². The van der Waals surface area contributed by atoms with Gasteiger partial charge in [0.25, 0.3) is 5.56 Å². The number of anilines is 1. The van der Waals surface area contributed by atoms with Gasteiger partial charge in [-0.2, -0.15) is 0 Å². The molecule has 6 nitrogen and oxygen atoms in total. The Morgan fingerprint density at radius 3 is 3.12 bits per heavy atom. The summed E-state index contributed by atoms with van der Waals surface area (Å²) >= 11 is 1.45. The molecule has 0 radical (unpaired) electrons. The molecule has 2 aromatic rings. The van der Waals surface area contributed by atoms with Crippen molar-refractivity contribution in [1.29, 1.82) is 0 Å². The van der Waals surface area contributed by atoms with E-state index in [0.717, 1.165) is 12.3 Å². The van der Waals surface area contributed by atoms with Crippen LogP contribution in [-0.4, -0.2) is 25.3 Å². The minimum absolute atomic E-state index is 0.224. The van der Waals surface area contributed by atoms with Crippen LogP contribution in [0.1, 0.15) is 0 Å². The number of H-pyrrole nitrogens is 1. The monoisotopic (exact) mass is 237 g/mol. The number of nitrogens with two attached hydrogens (primary N) is 1. The lowest BCUT2D eigenvalue weighted by atomic mass is 10.6. The second-order valence-corrected chi connectivity index (χ2v) is 4.21. The summed E-state index contributed by atoms with van der Waals surface area (Å²) in [6, 6.07) is 1.26. The molecule has 0 unspecified atom stereocenters. The van der Waals surface area contributed by atoms with Gasteiger partial charge in [0.2, 0.25) is 0 Å². The van der Waals surface area contributed by atoms with Gasteiger partial charge < -0.3 is 15.3 Å². The molecule has 7 heteroatoms. The van der Waals surface area contributed by atoms with E-state index in [1.54, 1.807) is 12.5 Å². The average Bonchev–Trinajstić information content (AvgIpc) is 2.69. The van der Waals surface area contributed by atoms with Crippen molar-refractivity contribution in [3.05, 3.63) is 35.1 Å². The van der Waals surface area contributed by atoms with E-state index in [4.69, 9.17) is 5.73 Å². The van der Waals surface area contributed by atoms with Crippen LogP contribution in [-0.2, 0) is 6.54 Å². The molecule has 3 N–H and O–H groups in total. The molecule has 0 saturated heterocycles. The highest BCUT2D eigenvalue weighted by atomic mass is 32.2. The molecule has 0 atom stereocenters. The van der Waals surface area contributed by atoms with Crippen LogP contribution in [0.15, 0.2) is 34.7 Å². The van der Waals surface area contributed by atoms with E-state index >= 15 is 0 Å². The molecule has 0 aromatic carbocycles. The van der Waals surface area contributed by atoms with Crippen molar-refractivity contribution in [2.24, 2.45) is 0 Å². The Balaban J connectivity index is 1.92. The van der Waals surface area contributed by atoms with E-state index in [0.29, 0.717) is 5.16 Å². The zero-order valence-corrected chi connectivity index (χ0v) is 9.28. The zero-order valence-electron chi connectivity index (χ0n) is 8.46. The quantitative estimate of drug-likeness (QED) is 0.591. The van der Waals surface area contributed by atoms with Crippen molar-refractivity contribution in [1.82, 2.24) is 19.5 Å². The maximum atomic E-state index is 11.1. The third-order valence-corrected chi connectivity index (χ3v) is 2.74. The molecule has 0 amide bonds. The summed E-state index contributed by atoms with van der Waals surface area (Å²) in [5, 5.41) is 0.546. The Bertz CT molecular complexity index is 507. The molecule has 0 bridgehead atoms. The number of aromatic amines is 1. The van der Waals surface area contributed by atoms with Crippen LogP contribution in [0.25, 0.3) is 0 Å². The maximum absolute atomic E-state index is 11.1. The van der Waals surface area contributed by atoms with Crippen LogP contribution in [0.5, 0.6) is 0 Å². The van der Waals surface area contributed by atoms with Crippen molar-refractivity contribution in [3.8, 4) is 0 Å². The molecule has 2 rings (SSSR count). The number of hydrogen-bond acceptors (Lipinski definition) is 5. The first-order valence-corrected chi connectivity index (χ1v) is 5.68. The molecule has 0 aliphatic heterocycles. The van der Waals surface area contributed by atoms with Crippen molar-refractivity contribution >= 4 is 17.6 Å². The number of nitrogens with zero attached hydrogens (tertiary/aromatic N) is 3. The number of aromatic nitrogens is 4. The molecule has 2 aromatic heterocycles. The third-order valence-electron chi connectivity index (χ3n) is 1.89. The lowest BCUT2D eigenvalue weighted by molar-refractivity contribution is 0.768. The predicted octanol–water partition coefficient (Wildman–Crippen LogP) is 0.341. The number of nitrogen functional groups attached to an aromatic ring is 1. The highest BCUT2D eigenvalue weighted by molar-refractivity contribution is 7.99. The second-order valence-electron chi connectivity index (χ2n) is 3.12. The molecule has 16 heavy (non-hydrogen) atoms. The van der Waals surface area contributed by atoms with E-state index in [1.807, 2.05) is 10.8 Å². The summed E-state index contributed by atoms with van der Waals surface area (Å²) < 4.78 is 1.96. The first kappa shape index (κ1) is 10.7. The summed E-state index contributed by atoms with van der Waals surface area (Å²) in [7, 11) is 0. The summed E-state index contributed by atoms with van der Waals surface area (Å²) in [5.74, 6) is 1.04. The minimum atomic E-state index is -0.224. The Morgan fingerprint density at radius 1 is 1.56 bits per heavy atom. The molecule has 0 saturated carbocycles. The normalized spacial score (nSPS) is 10.5. The van der Waals surface area contributed by atoms with Crippen LogP contribution in [0, 0.1) is 0 Å². The summed E-state index contributed by atoms with van der Waals surface area (Å²) in [6.07, 6.45) is 5.36. The molecular weight excluding hydrogens is 226 g/mol. The maximum Gasteiger partial charge on any atom is 0.253 e. The number of aryl methyl sites for hydroxylation is 1. The Kier molecular flexibility index (Phi) is 3.25. The molecular formula is C9H11N5OS. The molecule has 2 heterocycles. The fourth-order valence-electron chi connectivity index (χ4n) is 1.19. The van der Waals surface area contributed by atoms with Gasteiger partial charge in [-0.15, -0.1) is 0 Å². The Labute approximate surface area is 95.9 Å². The highest BCUT2D eigenvalue weighted by Gasteiger charge is 1.99. The van der Waals surface area contributed by atoms with Crippen molar-refractivity contribution in [2.75, 3.05) is 11.5 Å². The largest absolute Gasteiger partial charge is 0.383 e. The summed E-state index contributed by atoms with van der Waals surface area (Å²) in [5.41, 5.74) is 5.24. The molecule has 0 fully saturated rings. The van der Waals surface area contributed by atoms with Crippen LogP contribution < -0.4 is 11.3 Å². The molecule has 0 aliphatic rings. The van der Waals surface area contributed by atoms with E-state index in [9.17, 15) is 4.79 Å². The Morgan fingerprint density at radius 2 is 2.44 bits per heavy atom. The number of nitrogens with one attached hydrogen (secondary N) is 1. The third kappa shape index (κ3) is 2.86. The molecule has 0 spiro atoms. The number of imidazole rings is 1. The second kappa shape index (κ2) is 4.84. The number of rotatable bonds is 4. The fourth-order valence-corrected chi connectivity index (χ4v) is 2.03. The van der Waals surface area contributed by atoms with Gasteiger partial charge in [-0.1, -0.05) is 11.8 Å². The molecule has 0 aliphatic carbocycles. The number of hydrogen-bond donors (Lipinski definition) is 2. The van der Waals surface area contributed by atoms with Crippen LogP contribution >= 0.6 is 11.8 Å².